The van der Waals surface area contributed by atoms with Crippen LogP contribution in [0.25, 0.3) is 0 Å². The van der Waals surface area contributed by atoms with Gasteiger partial charge in [-0.05, 0) is 18.6 Å². The van der Waals surface area contributed by atoms with Crippen LogP contribution in [0.15, 0.2) is 18.2 Å². The second-order valence-corrected chi connectivity index (χ2v) is 11.7. The number of nitrogens with zero attached hydrogens (tertiary/aromatic N) is 2. The van der Waals surface area contributed by atoms with Crippen LogP contribution in [0.4, 0.5) is 5.69 Å². The van der Waals surface area contributed by atoms with E-state index in [0.29, 0.717) is 0 Å². The number of benzene rings is 1. The first-order valence-electron chi connectivity index (χ1n) is 13.5. The summed E-state index contributed by atoms with van der Waals surface area (Å²) >= 11 is 0. The van der Waals surface area contributed by atoms with Crippen LogP contribution < -0.4 is 43.2 Å². The molecule has 0 atom stereocenters. The van der Waals surface area contributed by atoms with Crippen molar-refractivity contribution in [1.82, 2.24) is 4.48 Å². The summed E-state index contributed by atoms with van der Waals surface area (Å²) in [5.41, 5.74) is 2.62. The summed E-state index contributed by atoms with van der Waals surface area (Å²) in [7, 11) is 13.4. The lowest BCUT2D eigenvalue weighted by molar-refractivity contribution is -0.884. The fourth-order valence-corrected chi connectivity index (χ4v) is 4.22. The summed E-state index contributed by atoms with van der Waals surface area (Å²) < 4.78 is 8.04. The molecule has 5 heteroatoms. The molecule has 0 unspecified atom stereocenters. The van der Waals surface area contributed by atoms with Gasteiger partial charge in [0.2, 0.25) is 0 Å². The van der Waals surface area contributed by atoms with Crippen molar-refractivity contribution in [3.05, 3.63) is 23.8 Å². The molecule has 0 saturated carbocycles. The summed E-state index contributed by atoms with van der Waals surface area (Å²) in [5.74, 6) is 1.08. The van der Waals surface area contributed by atoms with Gasteiger partial charge in [0.05, 0.1) is 48.9 Å². The molecule has 0 amide bonds. The number of ether oxygens (including phenoxy) is 1. The van der Waals surface area contributed by atoms with Crippen LogP contribution in [0.5, 0.6) is 5.75 Å². The van der Waals surface area contributed by atoms with Gasteiger partial charge in [0.15, 0.2) is 0 Å². The summed E-state index contributed by atoms with van der Waals surface area (Å²) in [5, 5.41) is 0. The zero-order valence-corrected chi connectivity index (χ0v) is 26.8. The van der Waals surface area contributed by atoms with Crippen LogP contribution in [-0.4, -0.2) is 53.4 Å². The number of hydrogen-bond donors (Lipinski definition) is 0. The van der Waals surface area contributed by atoms with E-state index in [9.17, 15) is 0 Å². The van der Waals surface area contributed by atoms with E-state index >= 15 is 0 Å². The van der Waals surface area contributed by atoms with E-state index in [1.54, 1.807) is 0 Å². The van der Waals surface area contributed by atoms with E-state index in [4.69, 9.17) is 4.74 Å². The first-order chi connectivity index (χ1) is 15.1. The van der Waals surface area contributed by atoms with E-state index in [1.165, 1.54) is 94.7 Å². The van der Waals surface area contributed by atoms with E-state index in [0.717, 1.165) is 34.3 Å². The SMILES string of the molecule is CCCCCCCCCCCCCCCCOc1cc([N+](C)(C)C)ccc1C[N+](C)(C)C.[Br-].[Br-]. The lowest BCUT2D eigenvalue weighted by atomic mass is 10.0. The van der Waals surface area contributed by atoms with E-state index in [2.05, 4.69) is 67.4 Å². The fourth-order valence-electron chi connectivity index (χ4n) is 4.22. The standard InChI is InChI=1S/C29H56N2O.2BrH/c1-8-9-10-11-12-13-14-15-16-17-18-19-20-21-24-32-29-25-28(31(5,6)7)23-22-27(29)26-30(2,3)4;;/h22-23,25H,8-21,24,26H2,1-7H3;2*1H/q+2;;/p-2. The topological polar surface area (TPSA) is 9.23 Å². The van der Waals surface area contributed by atoms with Crippen molar-refractivity contribution in [2.24, 2.45) is 0 Å². The number of halogens is 2. The maximum absolute atomic E-state index is 6.31. The Kier molecular flexibility index (Phi) is 21.2. The fraction of sp³-hybridized carbons (Fsp3) is 0.793. The largest absolute Gasteiger partial charge is 1.00 e. The molecular formula is C29H56Br2N2O. The van der Waals surface area contributed by atoms with Crippen LogP contribution in [0.2, 0.25) is 0 Å². The van der Waals surface area contributed by atoms with Gasteiger partial charge in [0.25, 0.3) is 0 Å². The van der Waals surface area contributed by atoms with Crippen LogP contribution in [0.3, 0.4) is 0 Å². The Morgan fingerprint density at radius 3 is 1.47 bits per heavy atom. The first kappa shape index (κ1) is 36.1. The molecule has 0 N–H and O–H groups in total. The molecule has 0 bridgehead atoms. The smallest absolute Gasteiger partial charge is 0.135 e. The Balaban J connectivity index is 0. The van der Waals surface area contributed by atoms with Gasteiger partial charge < -0.3 is 43.2 Å². The molecule has 0 radical (unpaired) electrons. The predicted octanol–water partition coefficient (Wildman–Crippen LogP) is 1.96. The summed E-state index contributed by atoms with van der Waals surface area (Å²) in [4.78, 5) is 0. The van der Waals surface area contributed by atoms with Gasteiger partial charge in [0, 0.05) is 11.6 Å². The van der Waals surface area contributed by atoms with Gasteiger partial charge in [-0.1, -0.05) is 90.4 Å². The molecule has 0 fully saturated rings. The molecule has 1 aromatic rings. The molecular weight excluding hydrogens is 552 g/mol. The Labute approximate surface area is 234 Å². The summed E-state index contributed by atoms with van der Waals surface area (Å²) in [6.45, 7) is 4.12. The third-order valence-corrected chi connectivity index (χ3v) is 6.23. The number of rotatable bonds is 19. The first-order valence-corrected chi connectivity index (χ1v) is 13.5. The Bertz CT molecular complexity index is 609. The van der Waals surface area contributed by atoms with E-state index < -0.39 is 0 Å². The second kappa shape index (κ2) is 20.0. The average molecular weight is 609 g/mol. The lowest BCUT2D eigenvalue weighted by Gasteiger charge is -2.27. The molecule has 0 aliphatic rings. The third-order valence-electron chi connectivity index (χ3n) is 6.23. The van der Waals surface area contributed by atoms with Crippen LogP contribution in [0.1, 0.15) is 102 Å². The van der Waals surface area contributed by atoms with Crippen molar-refractivity contribution >= 4 is 5.69 Å². The molecule has 0 spiro atoms. The van der Waals surface area contributed by atoms with Gasteiger partial charge in [-0.25, -0.2) is 0 Å². The highest BCUT2D eigenvalue weighted by Gasteiger charge is 2.19. The highest BCUT2D eigenvalue weighted by Crippen LogP contribution is 2.29. The Morgan fingerprint density at radius 2 is 1.06 bits per heavy atom. The maximum Gasteiger partial charge on any atom is 0.135 e. The zero-order valence-electron chi connectivity index (χ0n) is 23.6. The third kappa shape index (κ3) is 18.2. The van der Waals surface area contributed by atoms with Gasteiger partial charge in [-0.3, -0.25) is 4.48 Å². The van der Waals surface area contributed by atoms with Crippen molar-refractivity contribution in [3.63, 3.8) is 0 Å². The minimum atomic E-state index is 0. The average Bonchev–Trinajstić information content (AvgIpc) is 2.70. The van der Waals surface area contributed by atoms with Gasteiger partial charge in [-0.15, -0.1) is 0 Å². The highest BCUT2D eigenvalue weighted by molar-refractivity contribution is 5.50. The van der Waals surface area contributed by atoms with Crippen molar-refractivity contribution in [3.8, 4) is 5.75 Å². The highest BCUT2D eigenvalue weighted by atomic mass is 79.9. The molecule has 3 nitrogen and oxygen atoms in total. The molecule has 202 valence electrons. The Morgan fingerprint density at radius 1 is 0.618 bits per heavy atom. The minimum absolute atomic E-state index is 0. The van der Waals surface area contributed by atoms with Gasteiger partial charge in [0.1, 0.15) is 18.0 Å². The molecule has 0 heterocycles. The Hall–Kier alpha value is -0.100. The van der Waals surface area contributed by atoms with Gasteiger partial charge >= 0.3 is 0 Å². The molecule has 0 saturated heterocycles. The number of unbranched alkanes of at least 4 members (excludes halogenated alkanes) is 13. The second-order valence-electron chi connectivity index (χ2n) is 11.7. The number of quaternary nitrogens is 2. The zero-order chi connectivity index (χ0) is 23.9. The summed E-state index contributed by atoms with van der Waals surface area (Å²) in [6.07, 6.45) is 19.5. The van der Waals surface area contributed by atoms with Crippen molar-refractivity contribution < 1.29 is 43.2 Å². The normalized spacial score (nSPS) is 11.6. The minimum Gasteiger partial charge on any atom is -1.00 e. The lowest BCUT2D eigenvalue weighted by Crippen LogP contribution is -3.00. The molecule has 0 aromatic heterocycles. The van der Waals surface area contributed by atoms with Gasteiger partial charge in [-0.2, -0.15) is 0 Å². The molecule has 0 aliphatic carbocycles. The summed E-state index contributed by atoms with van der Waals surface area (Å²) in [6, 6.07) is 6.78. The molecule has 1 aromatic carbocycles. The monoisotopic (exact) mass is 606 g/mol. The molecule has 0 aliphatic heterocycles. The van der Waals surface area contributed by atoms with Crippen LogP contribution in [0, 0.1) is 0 Å². The van der Waals surface area contributed by atoms with Crippen molar-refractivity contribution in [2.45, 2.75) is 103 Å². The van der Waals surface area contributed by atoms with Crippen molar-refractivity contribution in [2.75, 3.05) is 48.9 Å². The van der Waals surface area contributed by atoms with Crippen LogP contribution >= 0.6 is 0 Å². The molecule has 1 rings (SSSR count). The van der Waals surface area contributed by atoms with Crippen LogP contribution in [-0.2, 0) is 6.54 Å². The number of hydrogen-bond acceptors (Lipinski definition) is 1. The predicted molar refractivity (Wildman–Crippen MR) is 144 cm³/mol. The molecule has 34 heavy (non-hydrogen) atoms. The maximum atomic E-state index is 6.31. The quantitative estimate of drug-likeness (QED) is 0.173. The van der Waals surface area contributed by atoms with E-state index in [1.807, 2.05) is 0 Å². The van der Waals surface area contributed by atoms with E-state index in [-0.39, 0.29) is 34.0 Å². The van der Waals surface area contributed by atoms with Crippen molar-refractivity contribution in [1.29, 1.82) is 0 Å².